The molecule has 0 aliphatic heterocycles. The summed E-state index contributed by atoms with van der Waals surface area (Å²) in [6.45, 7) is 1.88. The fourth-order valence-electron chi connectivity index (χ4n) is 3.44. The van der Waals surface area contributed by atoms with Gasteiger partial charge in [0.05, 0.1) is 11.6 Å². The van der Waals surface area contributed by atoms with Crippen LogP contribution in [0, 0.1) is 6.92 Å². The molecule has 0 atom stereocenters. The minimum Gasteiger partial charge on any atom is -0.393 e. The molecule has 1 fully saturated rings. The van der Waals surface area contributed by atoms with Crippen molar-refractivity contribution >= 4 is 28.6 Å². The number of hydrogen-bond acceptors (Lipinski definition) is 6. The summed E-state index contributed by atoms with van der Waals surface area (Å²) in [4.78, 5) is 25.8. The molecule has 1 aromatic carbocycles. The maximum absolute atomic E-state index is 12.6. The van der Waals surface area contributed by atoms with Gasteiger partial charge >= 0.3 is 0 Å². The third kappa shape index (κ3) is 4.26. The fraction of sp³-hybridized carbons (Fsp3) is 0.333. The van der Waals surface area contributed by atoms with Gasteiger partial charge in [0.2, 0.25) is 5.95 Å². The number of hydrogen-bond donors (Lipinski definition) is 3. The second-order valence-corrected chi connectivity index (χ2v) is 7.24. The first-order valence-corrected chi connectivity index (χ1v) is 9.53. The molecule has 1 saturated carbocycles. The van der Waals surface area contributed by atoms with E-state index in [0.717, 1.165) is 36.8 Å². The Labute approximate surface area is 163 Å². The van der Waals surface area contributed by atoms with Crippen LogP contribution in [0.15, 0.2) is 42.6 Å². The van der Waals surface area contributed by atoms with Gasteiger partial charge in [-0.1, -0.05) is 12.1 Å². The minimum absolute atomic E-state index is 0.195. The SMILES string of the molecule is Cc1cccc(NC(=O)c2ccc3cnc(NC4CCC(O)CC4)nc3c2)n1. The summed E-state index contributed by atoms with van der Waals surface area (Å²) in [5, 5.41) is 16.7. The summed E-state index contributed by atoms with van der Waals surface area (Å²) in [5.74, 6) is 0.843. The molecule has 28 heavy (non-hydrogen) atoms. The number of aromatic nitrogens is 3. The van der Waals surface area contributed by atoms with Gasteiger partial charge in [-0.2, -0.15) is 0 Å². The van der Waals surface area contributed by atoms with Gasteiger partial charge in [-0.05, 0) is 56.9 Å². The second-order valence-electron chi connectivity index (χ2n) is 7.24. The molecule has 0 radical (unpaired) electrons. The van der Waals surface area contributed by atoms with E-state index in [1.54, 1.807) is 24.4 Å². The number of fused-ring (bicyclic) bond motifs is 1. The van der Waals surface area contributed by atoms with Crippen LogP contribution < -0.4 is 10.6 Å². The molecule has 3 N–H and O–H groups in total. The topological polar surface area (TPSA) is 100 Å². The number of nitrogens with one attached hydrogen (secondary N) is 2. The number of carbonyl (C=O) groups is 1. The van der Waals surface area contributed by atoms with Gasteiger partial charge in [-0.3, -0.25) is 4.79 Å². The van der Waals surface area contributed by atoms with Crippen molar-refractivity contribution in [1.82, 2.24) is 15.0 Å². The molecule has 4 rings (SSSR count). The van der Waals surface area contributed by atoms with Crippen LogP contribution in [0.25, 0.3) is 10.9 Å². The fourth-order valence-corrected chi connectivity index (χ4v) is 3.44. The molecule has 2 aromatic heterocycles. The van der Waals surface area contributed by atoms with Gasteiger partial charge in [-0.25, -0.2) is 15.0 Å². The maximum Gasteiger partial charge on any atom is 0.256 e. The van der Waals surface area contributed by atoms with Gasteiger partial charge in [0.1, 0.15) is 5.82 Å². The number of rotatable bonds is 4. The predicted octanol–water partition coefficient (Wildman–Crippen LogP) is 3.30. The number of anilines is 2. The van der Waals surface area contributed by atoms with Gasteiger partial charge in [0.25, 0.3) is 5.91 Å². The minimum atomic E-state index is -0.227. The Balaban J connectivity index is 1.51. The zero-order chi connectivity index (χ0) is 19.5. The largest absolute Gasteiger partial charge is 0.393 e. The van der Waals surface area contributed by atoms with Gasteiger partial charge in [0.15, 0.2) is 0 Å². The summed E-state index contributed by atoms with van der Waals surface area (Å²) in [6.07, 6.45) is 4.94. The van der Waals surface area contributed by atoms with Gasteiger partial charge < -0.3 is 15.7 Å². The predicted molar refractivity (Wildman–Crippen MR) is 108 cm³/mol. The molecule has 0 unspecified atom stereocenters. The quantitative estimate of drug-likeness (QED) is 0.645. The molecule has 144 valence electrons. The Bertz CT molecular complexity index is 999. The summed E-state index contributed by atoms with van der Waals surface area (Å²) in [7, 11) is 0. The number of aliphatic hydroxyl groups is 1. The van der Waals surface area contributed by atoms with Crippen molar-refractivity contribution in [3.05, 3.63) is 53.9 Å². The van der Waals surface area contributed by atoms with Crippen molar-refractivity contribution in [3.8, 4) is 0 Å². The zero-order valence-electron chi connectivity index (χ0n) is 15.7. The average molecular weight is 377 g/mol. The Morgan fingerprint density at radius 3 is 2.71 bits per heavy atom. The average Bonchev–Trinajstić information content (AvgIpc) is 2.69. The number of aryl methyl sites for hydroxylation is 1. The van der Waals surface area contributed by atoms with E-state index in [2.05, 4.69) is 25.6 Å². The normalized spacial score (nSPS) is 19.4. The lowest BCUT2D eigenvalue weighted by molar-refractivity contribution is 0.102. The van der Waals surface area contributed by atoms with Crippen molar-refractivity contribution in [1.29, 1.82) is 0 Å². The van der Waals surface area contributed by atoms with Crippen molar-refractivity contribution in [2.24, 2.45) is 0 Å². The van der Waals surface area contributed by atoms with Crippen molar-refractivity contribution in [3.63, 3.8) is 0 Å². The van der Waals surface area contributed by atoms with Crippen LogP contribution in [0.4, 0.5) is 11.8 Å². The van der Waals surface area contributed by atoms with E-state index in [9.17, 15) is 9.90 Å². The molecule has 0 bridgehead atoms. The number of pyridine rings is 1. The monoisotopic (exact) mass is 377 g/mol. The molecular weight excluding hydrogens is 354 g/mol. The van der Waals surface area contributed by atoms with E-state index >= 15 is 0 Å². The van der Waals surface area contributed by atoms with E-state index < -0.39 is 0 Å². The highest BCUT2D eigenvalue weighted by Gasteiger charge is 2.20. The van der Waals surface area contributed by atoms with Crippen molar-refractivity contribution in [2.75, 3.05) is 10.6 Å². The number of benzene rings is 1. The third-order valence-corrected chi connectivity index (χ3v) is 5.00. The Morgan fingerprint density at radius 2 is 1.93 bits per heavy atom. The lowest BCUT2D eigenvalue weighted by atomic mass is 9.93. The molecular formula is C21H23N5O2. The van der Waals surface area contributed by atoms with Crippen LogP contribution in [0.2, 0.25) is 0 Å². The number of aliphatic hydroxyl groups excluding tert-OH is 1. The third-order valence-electron chi connectivity index (χ3n) is 5.00. The van der Waals surface area contributed by atoms with Crippen LogP contribution in [-0.2, 0) is 0 Å². The molecule has 7 heteroatoms. The number of nitrogens with zero attached hydrogens (tertiary/aromatic N) is 3. The highest BCUT2D eigenvalue weighted by molar-refractivity contribution is 6.05. The van der Waals surface area contributed by atoms with E-state index in [0.29, 0.717) is 22.8 Å². The van der Waals surface area contributed by atoms with Gasteiger partial charge in [0, 0.05) is 28.9 Å². The number of amides is 1. The first kappa shape index (κ1) is 18.3. The lowest BCUT2D eigenvalue weighted by Crippen LogP contribution is -2.28. The van der Waals surface area contributed by atoms with Crippen molar-refractivity contribution < 1.29 is 9.90 Å². The molecule has 1 aliphatic carbocycles. The second kappa shape index (κ2) is 7.90. The highest BCUT2D eigenvalue weighted by Crippen LogP contribution is 2.22. The Hall–Kier alpha value is -3.06. The molecule has 7 nitrogen and oxygen atoms in total. The zero-order valence-corrected chi connectivity index (χ0v) is 15.7. The van der Waals surface area contributed by atoms with E-state index in [4.69, 9.17) is 0 Å². The summed E-state index contributed by atoms with van der Waals surface area (Å²) < 4.78 is 0. The molecule has 1 amide bonds. The molecule has 0 spiro atoms. The summed E-state index contributed by atoms with van der Waals surface area (Å²) >= 11 is 0. The highest BCUT2D eigenvalue weighted by atomic mass is 16.3. The molecule has 3 aromatic rings. The van der Waals surface area contributed by atoms with Crippen LogP contribution in [-0.4, -0.2) is 38.1 Å². The first-order chi connectivity index (χ1) is 13.6. The van der Waals surface area contributed by atoms with E-state index in [1.807, 2.05) is 25.1 Å². The molecule has 2 heterocycles. The van der Waals surface area contributed by atoms with Crippen LogP contribution >= 0.6 is 0 Å². The Morgan fingerprint density at radius 1 is 1.11 bits per heavy atom. The summed E-state index contributed by atoms with van der Waals surface area (Å²) in [5.41, 5.74) is 2.06. The van der Waals surface area contributed by atoms with Crippen LogP contribution in [0.5, 0.6) is 0 Å². The van der Waals surface area contributed by atoms with E-state index in [1.165, 1.54) is 0 Å². The molecule has 1 aliphatic rings. The standard InChI is InChI=1S/C21H23N5O2/c1-13-3-2-4-19(23-13)26-20(28)14-5-6-15-12-22-21(25-18(15)11-14)24-16-7-9-17(27)10-8-16/h2-6,11-12,16-17,27H,7-10H2,1H3,(H,22,24,25)(H,23,26,28). The van der Waals surface area contributed by atoms with Crippen molar-refractivity contribution in [2.45, 2.75) is 44.8 Å². The smallest absolute Gasteiger partial charge is 0.256 e. The molecule has 0 saturated heterocycles. The first-order valence-electron chi connectivity index (χ1n) is 9.53. The Kier molecular flexibility index (Phi) is 5.16. The lowest BCUT2D eigenvalue weighted by Gasteiger charge is -2.26. The van der Waals surface area contributed by atoms with E-state index in [-0.39, 0.29) is 18.1 Å². The summed E-state index contributed by atoms with van der Waals surface area (Å²) in [6, 6.07) is 11.1. The van der Waals surface area contributed by atoms with Crippen LogP contribution in [0.1, 0.15) is 41.7 Å². The van der Waals surface area contributed by atoms with Gasteiger partial charge in [-0.15, -0.1) is 0 Å². The maximum atomic E-state index is 12.6. The number of carbonyl (C=O) groups excluding carboxylic acids is 1. The van der Waals surface area contributed by atoms with Crippen LogP contribution in [0.3, 0.4) is 0 Å².